The van der Waals surface area contributed by atoms with E-state index in [0.717, 1.165) is 12.8 Å². The highest BCUT2D eigenvalue weighted by atomic mass is 32.2. The van der Waals surface area contributed by atoms with E-state index in [1.54, 1.807) is 29.2 Å². The van der Waals surface area contributed by atoms with Crippen LogP contribution in [0.3, 0.4) is 0 Å². The molecule has 27 heavy (non-hydrogen) atoms. The highest BCUT2D eigenvalue weighted by molar-refractivity contribution is 7.89. The number of amides is 2. The molecule has 8 heteroatoms. The summed E-state index contributed by atoms with van der Waals surface area (Å²) in [5.74, 6) is 0.568. The summed E-state index contributed by atoms with van der Waals surface area (Å²) in [5.41, 5.74) is -0.266. The van der Waals surface area contributed by atoms with Crippen LogP contribution in [0.2, 0.25) is 0 Å². The number of rotatable bonds is 6. The quantitative estimate of drug-likeness (QED) is 0.772. The summed E-state index contributed by atoms with van der Waals surface area (Å²) in [6, 6.07) is 6.58. The van der Waals surface area contributed by atoms with Crippen LogP contribution in [0.1, 0.15) is 40.5 Å². The van der Waals surface area contributed by atoms with Crippen molar-refractivity contribution in [2.75, 3.05) is 26.2 Å². The van der Waals surface area contributed by atoms with Crippen molar-refractivity contribution in [2.24, 2.45) is 5.92 Å². The van der Waals surface area contributed by atoms with Crippen molar-refractivity contribution in [2.45, 2.75) is 51.0 Å². The molecule has 7 nitrogen and oxygen atoms in total. The minimum absolute atomic E-state index is 0.0628. The van der Waals surface area contributed by atoms with E-state index in [-0.39, 0.29) is 22.4 Å². The lowest BCUT2D eigenvalue weighted by Gasteiger charge is -2.34. The van der Waals surface area contributed by atoms with E-state index in [0.29, 0.717) is 32.0 Å². The summed E-state index contributed by atoms with van der Waals surface area (Å²) in [7, 11) is -3.63. The largest absolute Gasteiger partial charge is 0.492 e. The molecular formula is C19H31N3O4S. The minimum Gasteiger partial charge on any atom is -0.492 e. The van der Waals surface area contributed by atoms with Crippen molar-refractivity contribution < 1.29 is 17.9 Å². The van der Waals surface area contributed by atoms with Gasteiger partial charge >= 0.3 is 6.03 Å². The molecule has 2 amide bonds. The lowest BCUT2D eigenvalue weighted by Crippen LogP contribution is -2.51. The molecule has 1 aliphatic heterocycles. The van der Waals surface area contributed by atoms with Gasteiger partial charge in [0, 0.05) is 25.2 Å². The topological polar surface area (TPSA) is 87.7 Å². The summed E-state index contributed by atoms with van der Waals surface area (Å²) in [5, 5.41) is 2.96. The predicted octanol–water partition coefficient (Wildman–Crippen LogP) is 2.58. The number of benzene rings is 1. The second kappa shape index (κ2) is 8.93. The van der Waals surface area contributed by atoms with Crippen LogP contribution >= 0.6 is 0 Å². The molecular weight excluding hydrogens is 366 g/mol. The van der Waals surface area contributed by atoms with Gasteiger partial charge in [-0.25, -0.2) is 17.9 Å². The molecule has 0 aliphatic carbocycles. The normalized spacial score (nSPS) is 16.2. The Labute approximate surface area is 162 Å². The molecule has 0 unspecified atom stereocenters. The molecule has 1 aromatic rings. The van der Waals surface area contributed by atoms with Gasteiger partial charge in [-0.05, 0) is 58.6 Å². The molecule has 152 valence electrons. The molecule has 0 saturated carbocycles. The summed E-state index contributed by atoms with van der Waals surface area (Å²) in [4.78, 5) is 14.2. The summed E-state index contributed by atoms with van der Waals surface area (Å²) < 4.78 is 33.4. The number of likely N-dealkylation sites (tertiary alicyclic amines) is 1. The van der Waals surface area contributed by atoms with Gasteiger partial charge in [0.2, 0.25) is 10.0 Å². The SMILES string of the molecule is CCOc1ccccc1S(=O)(=O)NCC1CCN(C(=O)NC(C)(C)C)CC1. The fourth-order valence-corrected chi connectivity index (χ4v) is 4.25. The Morgan fingerprint density at radius 1 is 1.22 bits per heavy atom. The third kappa shape index (κ3) is 6.39. The van der Waals surface area contributed by atoms with Gasteiger partial charge in [0.1, 0.15) is 10.6 Å². The number of hydrogen-bond donors (Lipinski definition) is 2. The number of urea groups is 1. The van der Waals surface area contributed by atoms with Gasteiger partial charge < -0.3 is 15.0 Å². The number of carbonyl (C=O) groups is 1. The standard InChI is InChI=1S/C19H31N3O4S/c1-5-26-16-8-6-7-9-17(16)27(24,25)20-14-15-10-12-22(13-11-15)18(23)21-19(2,3)4/h6-9,15,20H,5,10-14H2,1-4H3,(H,21,23). The molecule has 2 rings (SSSR count). The van der Waals surface area contributed by atoms with Gasteiger partial charge in [-0.3, -0.25) is 0 Å². The second-order valence-electron chi connectivity index (χ2n) is 7.84. The van der Waals surface area contributed by atoms with Crippen molar-refractivity contribution in [3.8, 4) is 5.75 Å². The Morgan fingerprint density at radius 2 is 1.85 bits per heavy atom. The van der Waals surface area contributed by atoms with E-state index in [1.165, 1.54) is 0 Å². The third-order valence-electron chi connectivity index (χ3n) is 4.38. The third-order valence-corrected chi connectivity index (χ3v) is 5.85. The number of nitrogens with zero attached hydrogens (tertiary/aromatic N) is 1. The fraction of sp³-hybridized carbons (Fsp3) is 0.632. The van der Waals surface area contributed by atoms with Crippen molar-refractivity contribution in [3.63, 3.8) is 0 Å². The van der Waals surface area contributed by atoms with Crippen LogP contribution in [0.5, 0.6) is 5.75 Å². The molecule has 1 aliphatic rings. The first kappa shape index (κ1) is 21.5. The fourth-order valence-electron chi connectivity index (χ4n) is 2.99. The molecule has 0 atom stereocenters. The van der Waals surface area contributed by atoms with Crippen LogP contribution in [0.25, 0.3) is 0 Å². The van der Waals surface area contributed by atoms with Crippen LogP contribution < -0.4 is 14.8 Å². The zero-order chi connectivity index (χ0) is 20.1. The van der Waals surface area contributed by atoms with Gasteiger partial charge in [0.05, 0.1) is 6.61 Å². The predicted molar refractivity (Wildman–Crippen MR) is 105 cm³/mol. The van der Waals surface area contributed by atoms with Crippen LogP contribution in [-0.4, -0.2) is 51.1 Å². The van der Waals surface area contributed by atoms with Crippen molar-refractivity contribution in [3.05, 3.63) is 24.3 Å². The molecule has 1 heterocycles. The monoisotopic (exact) mass is 397 g/mol. The maximum absolute atomic E-state index is 12.6. The smallest absolute Gasteiger partial charge is 0.317 e. The molecule has 0 radical (unpaired) electrons. The number of para-hydroxylation sites is 1. The number of ether oxygens (including phenoxy) is 1. The maximum atomic E-state index is 12.6. The van der Waals surface area contributed by atoms with Gasteiger partial charge in [-0.1, -0.05) is 12.1 Å². The van der Waals surface area contributed by atoms with Gasteiger partial charge in [0.25, 0.3) is 0 Å². The molecule has 1 saturated heterocycles. The molecule has 2 N–H and O–H groups in total. The maximum Gasteiger partial charge on any atom is 0.317 e. The van der Waals surface area contributed by atoms with Gasteiger partial charge in [0.15, 0.2) is 0 Å². The van der Waals surface area contributed by atoms with Crippen LogP contribution in [0.15, 0.2) is 29.2 Å². The van der Waals surface area contributed by atoms with Crippen LogP contribution in [-0.2, 0) is 10.0 Å². The van der Waals surface area contributed by atoms with E-state index in [4.69, 9.17) is 4.74 Å². The number of hydrogen-bond acceptors (Lipinski definition) is 4. The Balaban J connectivity index is 1.88. The Kier molecular flexibility index (Phi) is 7.11. The first-order chi connectivity index (χ1) is 12.6. The van der Waals surface area contributed by atoms with Crippen LogP contribution in [0.4, 0.5) is 4.79 Å². The molecule has 0 aromatic heterocycles. The number of piperidine rings is 1. The van der Waals surface area contributed by atoms with Gasteiger partial charge in [-0.2, -0.15) is 0 Å². The highest BCUT2D eigenvalue weighted by Gasteiger charge is 2.27. The van der Waals surface area contributed by atoms with E-state index in [9.17, 15) is 13.2 Å². The summed E-state index contributed by atoms with van der Waals surface area (Å²) in [6.45, 7) is 9.69. The summed E-state index contributed by atoms with van der Waals surface area (Å²) in [6.07, 6.45) is 1.54. The van der Waals surface area contributed by atoms with E-state index in [1.807, 2.05) is 27.7 Å². The van der Waals surface area contributed by atoms with Crippen molar-refractivity contribution in [1.29, 1.82) is 0 Å². The zero-order valence-electron chi connectivity index (χ0n) is 16.6. The van der Waals surface area contributed by atoms with Crippen molar-refractivity contribution >= 4 is 16.1 Å². The summed E-state index contributed by atoms with van der Waals surface area (Å²) >= 11 is 0. The first-order valence-electron chi connectivity index (χ1n) is 9.41. The molecule has 0 spiro atoms. The Bertz CT molecular complexity index is 736. The number of carbonyl (C=O) groups excluding carboxylic acids is 1. The first-order valence-corrected chi connectivity index (χ1v) is 10.9. The van der Waals surface area contributed by atoms with Gasteiger partial charge in [-0.15, -0.1) is 0 Å². The number of sulfonamides is 1. The Morgan fingerprint density at radius 3 is 2.44 bits per heavy atom. The van der Waals surface area contributed by atoms with E-state index in [2.05, 4.69) is 10.0 Å². The lowest BCUT2D eigenvalue weighted by molar-refractivity contribution is 0.163. The number of nitrogens with one attached hydrogen (secondary N) is 2. The average molecular weight is 398 g/mol. The van der Waals surface area contributed by atoms with Crippen LogP contribution in [0, 0.1) is 5.92 Å². The van der Waals surface area contributed by atoms with E-state index < -0.39 is 10.0 Å². The second-order valence-corrected chi connectivity index (χ2v) is 9.58. The Hall–Kier alpha value is -1.80. The molecule has 0 bridgehead atoms. The zero-order valence-corrected chi connectivity index (χ0v) is 17.4. The molecule has 1 fully saturated rings. The lowest BCUT2D eigenvalue weighted by atomic mass is 9.97. The van der Waals surface area contributed by atoms with E-state index >= 15 is 0 Å². The highest BCUT2D eigenvalue weighted by Crippen LogP contribution is 2.24. The molecule has 1 aromatic carbocycles. The van der Waals surface area contributed by atoms with Crippen molar-refractivity contribution in [1.82, 2.24) is 14.9 Å². The minimum atomic E-state index is -3.63. The average Bonchev–Trinajstić information content (AvgIpc) is 2.60.